The lowest BCUT2D eigenvalue weighted by molar-refractivity contribution is -0.130. The number of carbonyl (C=O) groups is 1. The first-order valence-corrected chi connectivity index (χ1v) is 10.3. The van der Waals surface area contributed by atoms with E-state index < -0.39 is 10.0 Å². The number of carbonyl (C=O) groups excluding carboxylic acids is 1. The van der Waals surface area contributed by atoms with E-state index in [-0.39, 0.29) is 17.3 Å². The molecule has 0 saturated heterocycles. The second kappa shape index (κ2) is 7.70. The molecule has 0 unspecified atom stereocenters. The third kappa shape index (κ3) is 4.14. The quantitative estimate of drug-likeness (QED) is 0.852. The van der Waals surface area contributed by atoms with E-state index in [9.17, 15) is 13.2 Å². The van der Waals surface area contributed by atoms with Gasteiger partial charge in [-0.3, -0.25) is 4.79 Å². The number of nitrogens with one attached hydrogen (secondary N) is 1. The number of benzene rings is 2. The molecule has 1 aliphatic rings. The standard InChI is InChI=1S/C20H24N2O4S/c1-14-11-19(15(2)10-18(14)26-3)27(24,25)21-12-20(23)22-9-8-16-6-4-5-7-17(16)13-22/h4-7,10-11,21H,8-9,12-13H2,1-3H3. The summed E-state index contributed by atoms with van der Waals surface area (Å²) in [5.74, 6) is 0.408. The first-order chi connectivity index (χ1) is 12.8. The number of hydrogen-bond acceptors (Lipinski definition) is 4. The van der Waals surface area contributed by atoms with Crippen LogP contribution >= 0.6 is 0 Å². The van der Waals surface area contributed by atoms with Crippen LogP contribution in [0, 0.1) is 13.8 Å². The van der Waals surface area contributed by atoms with Crippen LogP contribution in [-0.4, -0.2) is 39.4 Å². The number of sulfonamides is 1. The molecule has 7 heteroatoms. The monoisotopic (exact) mass is 388 g/mol. The Morgan fingerprint density at radius 1 is 1.15 bits per heavy atom. The summed E-state index contributed by atoms with van der Waals surface area (Å²) in [5.41, 5.74) is 3.65. The Kier molecular flexibility index (Phi) is 5.53. The molecule has 0 spiro atoms. The van der Waals surface area contributed by atoms with Crippen molar-refractivity contribution in [3.05, 3.63) is 58.7 Å². The Balaban J connectivity index is 1.69. The number of methoxy groups -OCH3 is 1. The van der Waals surface area contributed by atoms with Gasteiger partial charge in [0.15, 0.2) is 0 Å². The summed E-state index contributed by atoms with van der Waals surface area (Å²) in [4.78, 5) is 14.4. The lowest BCUT2D eigenvalue weighted by atomic mass is 10.00. The van der Waals surface area contributed by atoms with E-state index in [4.69, 9.17) is 4.74 Å². The summed E-state index contributed by atoms with van der Waals surface area (Å²) >= 11 is 0. The fourth-order valence-electron chi connectivity index (χ4n) is 3.33. The zero-order valence-corrected chi connectivity index (χ0v) is 16.6. The number of rotatable bonds is 5. The van der Waals surface area contributed by atoms with Crippen molar-refractivity contribution in [2.75, 3.05) is 20.2 Å². The van der Waals surface area contributed by atoms with Gasteiger partial charge in [0, 0.05) is 13.1 Å². The Morgan fingerprint density at radius 2 is 1.85 bits per heavy atom. The van der Waals surface area contributed by atoms with Crippen LogP contribution < -0.4 is 9.46 Å². The zero-order chi connectivity index (χ0) is 19.6. The van der Waals surface area contributed by atoms with Crippen molar-refractivity contribution in [1.82, 2.24) is 9.62 Å². The first-order valence-electron chi connectivity index (χ1n) is 8.81. The fourth-order valence-corrected chi connectivity index (χ4v) is 4.61. The molecule has 1 N–H and O–H groups in total. The molecule has 1 amide bonds. The molecule has 2 aromatic rings. The Bertz CT molecular complexity index is 970. The van der Waals surface area contributed by atoms with E-state index in [1.165, 1.54) is 5.56 Å². The average Bonchev–Trinajstić information content (AvgIpc) is 2.67. The highest BCUT2D eigenvalue weighted by Crippen LogP contribution is 2.25. The van der Waals surface area contributed by atoms with Crippen LogP contribution in [0.1, 0.15) is 22.3 Å². The van der Waals surface area contributed by atoms with Crippen molar-refractivity contribution >= 4 is 15.9 Å². The highest BCUT2D eigenvalue weighted by Gasteiger charge is 2.24. The van der Waals surface area contributed by atoms with Gasteiger partial charge in [-0.2, -0.15) is 0 Å². The van der Waals surface area contributed by atoms with Crippen LogP contribution in [0.2, 0.25) is 0 Å². The van der Waals surface area contributed by atoms with Crippen LogP contribution in [0.3, 0.4) is 0 Å². The minimum atomic E-state index is -3.79. The number of aryl methyl sites for hydroxylation is 2. The molecule has 1 heterocycles. The highest BCUT2D eigenvalue weighted by atomic mass is 32.2. The first kappa shape index (κ1) is 19.4. The molecule has 0 bridgehead atoms. The number of nitrogens with zero attached hydrogens (tertiary/aromatic N) is 1. The normalized spacial score (nSPS) is 14.0. The van der Waals surface area contributed by atoms with Gasteiger partial charge in [-0.1, -0.05) is 24.3 Å². The topological polar surface area (TPSA) is 75.7 Å². The van der Waals surface area contributed by atoms with E-state index in [1.54, 1.807) is 38.0 Å². The maximum Gasteiger partial charge on any atom is 0.241 e. The van der Waals surface area contributed by atoms with Gasteiger partial charge in [-0.05, 0) is 54.7 Å². The van der Waals surface area contributed by atoms with Gasteiger partial charge in [0.1, 0.15) is 5.75 Å². The van der Waals surface area contributed by atoms with Gasteiger partial charge in [0.2, 0.25) is 15.9 Å². The molecule has 0 fully saturated rings. The Hall–Kier alpha value is -2.38. The van der Waals surface area contributed by atoms with Crippen molar-refractivity contribution in [2.45, 2.75) is 31.7 Å². The molecule has 0 aromatic heterocycles. The predicted octanol–water partition coefficient (Wildman–Crippen LogP) is 2.18. The van der Waals surface area contributed by atoms with Crippen molar-refractivity contribution in [1.29, 1.82) is 0 Å². The average molecular weight is 388 g/mol. The molecular formula is C20H24N2O4S. The van der Waals surface area contributed by atoms with E-state index >= 15 is 0 Å². The van der Waals surface area contributed by atoms with Crippen molar-refractivity contribution in [3.8, 4) is 5.75 Å². The number of ether oxygens (including phenoxy) is 1. The number of fused-ring (bicyclic) bond motifs is 1. The van der Waals surface area contributed by atoms with Crippen molar-refractivity contribution in [3.63, 3.8) is 0 Å². The molecule has 1 aliphatic heterocycles. The zero-order valence-electron chi connectivity index (χ0n) is 15.8. The van der Waals surface area contributed by atoms with Gasteiger partial charge >= 0.3 is 0 Å². The van der Waals surface area contributed by atoms with Crippen molar-refractivity contribution in [2.24, 2.45) is 0 Å². The molecule has 0 radical (unpaired) electrons. The molecule has 0 atom stereocenters. The van der Waals surface area contributed by atoms with Gasteiger partial charge in [-0.25, -0.2) is 13.1 Å². The van der Waals surface area contributed by atoms with E-state index in [0.717, 1.165) is 17.5 Å². The van der Waals surface area contributed by atoms with Crippen LogP contribution in [0.25, 0.3) is 0 Å². The minimum absolute atomic E-state index is 0.164. The lowest BCUT2D eigenvalue weighted by Gasteiger charge is -2.29. The van der Waals surface area contributed by atoms with Gasteiger partial charge in [0.05, 0.1) is 18.6 Å². The summed E-state index contributed by atoms with van der Waals surface area (Å²) in [6.07, 6.45) is 0.783. The molecule has 27 heavy (non-hydrogen) atoms. The van der Waals surface area contributed by atoms with Crippen LogP contribution in [0.5, 0.6) is 5.75 Å². The fraction of sp³-hybridized carbons (Fsp3) is 0.350. The molecule has 0 saturated carbocycles. The third-order valence-electron chi connectivity index (χ3n) is 4.88. The molecule has 6 nitrogen and oxygen atoms in total. The maximum atomic E-state index is 12.7. The van der Waals surface area contributed by atoms with Crippen LogP contribution in [0.15, 0.2) is 41.3 Å². The van der Waals surface area contributed by atoms with Gasteiger partial charge < -0.3 is 9.64 Å². The Morgan fingerprint density at radius 3 is 2.56 bits per heavy atom. The van der Waals surface area contributed by atoms with Gasteiger partial charge in [0.25, 0.3) is 0 Å². The number of hydrogen-bond donors (Lipinski definition) is 1. The molecule has 144 valence electrons. The van der Waals surface area contributed by atoms with Crippen LogP contribution in [-0.2, 0) is 27.8 Å². The van der Waals surface area contributed by atoms with Crippen LogP contribution in [0.4, 0.5) is 0 Å². The van der Waals surface area contributed by atoms with Gasteiger partial charge in [-0.15, -0.1) is 0 Å². The summed E-state index contributed by atoms with van der Waals surface area (Å²) < 4.78 is 33.0. The summed E-state index contributed by atoms with van der Waals surface area (Å²) in [6.45, 7) is 4.35. The SMILES string of the molecule is COc1cc(C)c(S(=O)(=O)NCC(=O)N2CCc3ccccc3C2)cc1C. The largest absolute Gasteiger partial charge is 0.496 e. The predicted molar refractivity (Wildman–Crippen MR) is 103 cm³/mol. The summed E-state index contributed by atoms with van der Waals surface area (Å²) in [7, 11) is -2.24. The molecule has 2 aromatic carbocycles. The van der Waals surface area contributed by atoms with Crippen molar-refractivity contribution < 1.29 is 17.9 Å². The second-order valence-corrected chi connectivity index (χ2v) is 8.48. The number of amides is 1. The smallest absolute Gasteiger partial charge is 0.241 e. The molecule has 0 aliphatic carbocycles. The highest BCUT2D eigenvalue weighted by molar-refractivity contribution is 7.89. The Labute approximate surface area is 160 Å². The van der Waals surface area contributed by atoms with E-state index in [2.05, 4.69) is 10.8 Å². The molecular weight excluding hydrogens is 364 g/mol. The second-order valence-electron chi connectivity index (χ2n) is 6.75. The third-order valence-corrected chi connectivity index (χ3v) is 6.42. The summed E-state index contributed by atoms with van der Waals surface area (Å²) in [5, 5.41) is 0. The summed E-state index contributed by atoms with van der Waals surface area (Å²) in [6, 6.07) is 11.3. The maximum absolute atomic E-state index is 12.7. The molecule has 3 rings (SSSR count). The van der Waals surface area contributed by atoms with E-state index in [1.807, 2.05) is 18.2 Å². The minimum Gasteiger partial charge on any atom is -0.496 e. The van der Waals surface area contributed by atoms with E-state index in [0.29, 0.717) is 24.4 Å². The lowest BCUT2D eigenvalue weighted by Crippen LogP contribution is -2.42.